The van der Waals surface area contributed by atoms with Crippen molar-refractivity contribution in [3.63, 3.8) is 0 Å². The number of carbonyl (C=O) groups is 1. The summed E-state index contributed by atoms with van der Waals surface area (Å²) < 4.78 is 4.84. The van der Waals surface area contributed by atoms with Crippen LogP contribution in [-0.4, -0.2) is 29.5 Å². The average molecular weight is 211 g/mol. The minimum Gasteiger partial charge on any atom is -0.435 e. The quantitative estimate of drug-likeness (QED) is 0.518. The van der Waals surface area contributed by atoms with E-state index in [0.29, 0.717) is 0 Å². The van der Waals surface area contributed by atoms with Gasteiger partial charge in [-0.25, -0.2) is 0 Å². The molecule has 0 amide bonds. The maximum absolute atomic E-state index is 11.6. The first-order valence-corrected chi connectivity index (χ1v) is 5.51. The van der Waals surface area contributed by atoms with Gasteiger partial charge in [-0.1, -0.05) is 6.58 Å². The summed E-state index contributed by atoms with van der Waals surface area (Å²) in [7, 11) is 0. The van der Waals surface area contributed by atoms with E-state index in [1.54, 1.807) is 0 Å². The van der Waals surface area contributed by atoms with E-state index in [-0.39, 0.29) is 17.4 Å². The minimum atomic E-state index is -0.140. The van der Waals surface area contributed by atoms with Crippen LogP contribution in [0.25, 0.3) is 0 Å². The lowest BCUT2D eigenvalue weighted by Gasteiger charge is -2.40. The third kappa shape index (κ3) is 3.34. The lowest BCUT2D eigenvalue weighted by atomic mass is 9.93. The van der Waals surface area contributed by atoms with Gasteiger partial charge in [0.05, 0.1) is 12.2 Å². The summed E-state index contributed by atoms with van der Waals surface area (Å²) in [6.07, 6.45) is 3.21. The van der Waals surface area contributed by atoms with Crippen molar-refractivity contribution in [2.24, 2.45) is 5.92 Å². The fourth-order valence-electron chi connectivity index (χ4n) is 1.96. The summed E-state index contributed by atoms with van der Waals surface area (Å²) in [4.78, 5) is 13.9. The molecule has 0 N–H and O–H groups in total. The Hall–Kier alpha value is -0.830. The lowest BCUT2D eigenvalue weighted by Crippen LogP contribution is -2.48. The second kappa shape index (κ2) is 4.79. The fraction of sp³-hybridized carbons (Fsp3) is 0.750. The van der Waals surface area contributed by atoms with E-state index in [2.05, 4.69) is 32.3 Å². The van der Waals surface area contributed by atoms with Gasteiger partial charge < -0.3 is 4.74 Å². The van der Waals surface area contributed by atoms with Crippen LogP contribution >= 0.6 is 0 Å². The highest BCUT2D eigenvalue weighted by atomic mass is 16.5. The highest BCUT2D eigenvalue weighted by molar-refractivity contribution is 5.73. The van der Waals surface area contributed by atoms with Gasteiger partial charge in [-0.3, -0.25) is 9.69 Å². The van der Waals surface area contributed by atoms with Crippen LogP contribution < -0.4 is 0 Å². The molecule has 86 valence electrons. The van der Waals surface area contributed by atoms with Gasteiger partial charge in [0.15, 0.2) is 0 Å². The highest BCUT2D eigenvalue weighted by Crippen LogP contribution is 2.24. The van der Waals surface area contributed by atoms with Crippen LogP contribution in [0.5, 0.6) is 0 Å². The fourth-order valence-corrected chi connectivity index (χ4v) is 1.96. The van der Waals surface area contributed by atoms with Gasteiger partial charge in [0.25, 0.3) is 0 Å². The molecule has 1 unspecified atom stereocenters. The van der Waals surface area contributed by atoms with Gasteiger partial charge in [-0.05, 0) is 40.2 Å². The van der Waals surface area contributed by atoms with Crippen LogP contribution in [0.15, 0.2) is 12.8 Å². The Labute approximate surface area is 92.1 Å². The van der Waals surface area contributed by atoms with Gasteiger partial charge in [0, 0.05) is 12.1 Å². The van der Waals surface area contributed by atoms with Gasteiger partial charge in [0.2, 0.25) is 0 Å². The van der Waals surface area contributed by atoms with Gasteiger partial charge >= 0.3 is 5.97 Å². The molecule has 1 rings (SSSR count). The molecule has 0 aromatic heterocycles. The maximum Gasteiger partial charge on any atom is 0.315 e. The van der Waals surface area contributed by atoms with Gasteiger partial charge in [0.1, 0.15) is 0 Å². The second-order valence-corrected chi connectivity index (χ2v) is 5.06. The zero-order valence-corrected chi connectivity index (χ0v) is 9.95. The van der Waals surface area contributed by atoms with Crippen molar-refractivity contribution < 1.29 is 9.53 Å². The molecule has 1 fully saturated rings. The minimum absolute atomic E-state index is 0.0102. The first kappa shape index (κ1) is 12.2. The van der Waals surface area contributed by atoms with Crippen LogP contribution in [0.2, 0.25) is 0 Å². The zero-order chi connectivity index (χ0) is 11.5. The predicted octanol–water partition coefficient (Wildman–Crippen LogP) is 2.18. The number of carbonyl (C=O) groups excluding carboxylic acids is 1. The third-order valence-electron chi connectivity index (χ3n) is 2.90. The number of rotatable bonds is 2. The van der Waals surface area contributed by atoms with E-state index < -0.39 is 0 Å². The van der Waals surface area contributed by atoms with Crippen molar-refractivity contribution in [1.29, 1.82) is 0 Å². The molecule has 0 spiro atoms. The van der Waals surface area contributed by atoms with Crippen molar-refractivity contribution in [1.82, 2.24) is 4.90 Å². The number of hydrogen-bond donors (Lipinski definition) is 0. The zero-order valence-electron chi connectivity index (χ0n) is 9.95. The number of ether oxygens (including phenoxy) is 1. The van der Waals surface area contributed by atoms with Crippen LogP contribution in [0.3, 0.4) is 0 Å². The Balaban J connectivity index is 2.56. The summed E-state index contributed by atoms with van der Waals surface area (Å²) in [5.41, 5.74) is 0.132. The Morgan fingerprint density at radius 1 is 1.53 bits per heavy atom. The standard InChI is InChI=1S/C12H21NO2/c1-5-15-11(14)10-7-6-8-13(9-10)12(2,3)4/h5,10H,1,6-9H2,2-4H3. The number of piperidine rings is 1. The summed E-state index contributed by atoms with van der Waals surface area (Å²) in [5, 5.41) is 0. The average Bonchev–Trinajstić information content (AvgIpc) is 2.17. The van der Waals surface area contributed by atoms with E-state index in [9.17, 15) is 4.79 Å². The molecule has 0 aromatic carbocycles. The Morgan fingerprint density at radius 3 is 2.73 bits per heavy atom. The van der Waals surface area contributed by atoms with Crippen molar-refractivity contribution >= 4 is 5.97 Å². The monoisotopic (exact) mass is 211 g/mol. The number of likely N-dealkylation sites (tertiary alicyclic amines) is 1. The maximum atomic E-state index is 11.6. The molecule has 3 heteroatoms. The summed E-state index contributed by atoms with van der Waals surface area (Å²) in [5.74, 6) is -0.130. The molecule has 0 aliphatic carbocycles. The molecule has 1 heterocycles. The predicted molar refractivity (Wildman–Crippen MR) is 60.3 cm³/mol. The molecule has 15 heavy (non-hydrogen) atoms. The van der Waals surface area contributed by atoms with Crippen LogP contribution in [0.1, 0.15) is 33.6 Å². The van der Waals surface area contributed by atoms with E-state index >= 15 is 0 Å². The topological polar surface area (TPSA) is 29.5 Å². The largest absolute Gasteiger partial charge is 0.435 e. The first-order valence-electron chi connectivity index (χ1n) is 5.51. The molecule has 1 atom stereocenters. The van der Waals surface area contributed by atoms with Gasteiger partial charge in [-0.15, -0.1) is 0 Å². The molecule has 1 saturated heterocycles. The number of hydrogen-bond acceptors (Lipinski definition) is 3. The molecule has 0 bridgehead atoms. The van der Waals surface area contributed by atoms with Gasteiger partial charge in [-0.2, -0.15) is 0 Å². The van der Waals surface area contributed by atoms with Crippen molar-refractivity contribution in [3.8, 4) is 0 Å². The lowest BCUT2D eigenvalue weighted by molar-refractivity contribution is -0.145. The number of esters is 1. The summed E-state index contributed by atoms with van der Waals surface area (Å²) >= 11 is 0. The van der Waals surface area contributed by atoms with E-state index in [1.165, 1.54) is 6.26 Å². The molecule has 0 aromatic rings. The molecule has 0 saturated carbocycles. The van der Waals surface area contributed by atoms with Crippen LogP contribution in [0.4, 0.5) is 0 Å². The van der Waals surface area contributed by atoms with E-state index in [1.807, 2.05) is 0 Å². The van der Waals surface area contributed by atoms with E-state index in [4.69, 9.17) is 4.74 Å². The molecular formula is C12H21NO2. The second-order valence-electron chi connectivity index (χ2n) is 5.06. The Kier molecular flexibility index (Phi) is 3.91. The molecule has 3 nitrogen and oxygen atoms in total. The molecular weight excluding hydrogens is 190 g/mol. The Morgan fingerprint density at radius 2 is 2.20 bits per heavy atom. The molecule has 0 radical (unpaired) electrons. The SMILES string of the molecule is C=COC(=O)C1CCCN(C(C)(C)C)C1. The van der Waals surface area contributed by atoms with E-state index in [0.717, 1.165) is 25.9 Å². The highest BCUT2D eigenvalue weighted by Gasteiger charge is 2.31. The van der Waals surface area contributed by atoms with Crippen LogP contribution in [-0.2, 0) is 9.53 Å². The van der Waals surface area contributed by atoms with Crippen molar-refractivity contribution in [2.75, 3.05) is 13.1 Å². The van der Waals surface area contributed by atoms with Crippen molar-refractivity contribution in [2.45, 2.75) is 39.2 Å². The van der Waals surface area contributed by atoms with Crippen LogP contribution in [0, 0.1) is 5.92 Å². The third-order valence-corrected chi connectivity index (χ3v) is 2.90. The Bertz CT molecular complexity index is 242. The summed E-state index contributed by atoms with van der Waals surface area (Å²) in [6, 6.07) is 0. The summed E-state index contributed by atoms with van der Waals surface area (Å²) in [6.45, 7) is 11.8. The number of nitrogens with zero attached hydrogens (tertiary/aromatic N) is 1. The van der Waals surface area contributed by atoms with Crippen molar-refractivity contribution in [3.05, 3.63) is 12.8 Å². The normalized spacial score (nSPS) is 23.5. The first-order chi connectivity index (χ1) is 6.95. The molecule has 1 aliphatic rings. The molecule has 1 aliphatic heterocycles. The smallest absolute Gasteiger partial charge is 0.315 e.